The molecular formula is C14H21ClN2O3S. The number of rotatable bonds is 4. The van der Waals surface area contributed by atoms with E-state index in [0.717, 1.165) is 5.56 Å². The van der Waals surface area contributed by atoms with Crippen LogP contribution < -0.4 is 0 Å². The van der Waals surface area contributed by atoms with Crippen molar-refractivity contribution in [3.05, 3.63) is 34.9 Å². The zero-order valence-corrected chi connectivity index (χ0v) is 13.8. The minimum Gasteiger partial charge on any atom is -0.387 e. The summed E-state index contributed by atoms with van der Waals surface area (Å²) in [6, 6.07) is 7.09. The van der Waals surface area contributed by atoms with Crippen molar-refractivity contribution in [3.8, 4) is 0 Å². The summed E-state index contributed by atoms with van der Waals surface area (Å²) in [5.41, 5.74) is 0.778. The molecule has 118 valence electrons. The summed E-state index contributed by atoms with van der Waals surface area (Å²) < 4.78 is 24.8. The molecule has 1 fully saturated rings. The fourth-order valence-corrected chi connectivity index (χ4v) is 4.07. The molecule has 21 heavy (non-hydrogen) atoms. The van der Waals surface area contributed by atoms with E-state index in [1.165, 1.54) is 10.6 Å². The molecule has 1 aromatic rings. The van der Waals surface area contributed by atoms with Crippen molar-refractivity contribution < 1.29 is 13.5 Å². The molecule has 1 aliphatic rings. The second-order valence-corrected chi connectivity index (χ2v) is 7.92. The number of hydrogen-bond donors (Lipinski definition) is 1. The van der Waals surface area contributed by atoms with Crippen LogP contribution in [0.1, 0.15) is 18.6 Å². The molecule has 1 aliphatic heterocycles. The number of aliphatic hydroxyl groups excluding tert-OH is 1. The molecule has 0 aromatic heterocycles. The number of aliphatic hydroxyl groups is 1. The third kappa shape index (κ3) is 4.40. The molecule has 0 bridgehead atoms. The lowest BCUT2D eigenvalue weighted by Crippen LogP contribution is -2.54. The first-order valence-corrected chi connectivity index (χ1v) is 9.12. The van der Waals surface area contributed by atoms with Gasteiger partial charge in [0, 0.05) is 37.2 Å². The van der Waals surface area contributed by atoms with Gasteiger partial charge in [0.15, 0.2) is 0 Å². The van der Waals surface area contributed by atoms with E-state index in [0.29, 0.717) is 31.2 Å². The SMILES string of the molecule is C[C@H]1CN(CC(O)c2cccc(Cl)c2)CCN1S(C)(=O)=O. The van der Waals surface area contributed by atoms with E-state index in [1.807, 2.05) is 19.1 Å². The van der Waals surface area contributed by atoms with Gasteiger partial charge in [0.2, 0.25) is 10.0 Å². The third-order valence-electron chi connectivity index (χ3n) is 3.74. The largest absolute Gasteiger partial charge is 0.387 e. The first-order valence-electron chi connectivity index (χ1n) is 6.90. The molecule has 0 aliphatic carbocycles. The molecule has 0 radical (unpaired) electrons. The lowest BCUT2D eigenvalue weighted by molar-refractivity contribution is 0.0753. The van der Waals surface area contributed by atoms with Gasteiger partial charge in [0.25, 0.3) is 0 Å². The molecule has 0 spiro atoms. The molecule has 5 nitrogen and oxygen atoms in total. The summed E-state index contributed by atoms with van der Waals surface area (Å²) in [4.78, 5) is 2.08. The van der Waals surface area contributed by atoms with Crippen molar-refractivity contribution in [3.63, 3.8) is 0 Å². The maximum absolute atomic E-state index is 11.6. The van der Waals surface area contributed by atoms with Crippen LogP contribution in [0.25, 0.3) is 0 Å². The molecule has 0 amide bonds. The van der Waals surface area contributed by atoms with Crippen molar-refractivity contribution in [2.45, 2.75) is 19.1 Å². The Kier molecular flexibility index (Phi) is 5.27. The lowest BCUT2D eigenvalue weighted by Gasteiger charge is -2.39. The topological polar surface area (TPSA) is 60.9 Å². The Labute approximate surface area is 131 Å². The molecule has 0 saturated carbocycles. The van der Waals surface area contributed by atoms with Crippen LogP contribution in [-0.4, -0.2) is 61.2 Å². The van der Waals surface area contributed by atoms with Gasteiger partial charge < -0.3 is 5.11 Å². The first-order chi connectivity index (χ1) is 9.77. The fraction of sp³-hybridized carbons (Fsp3) is 0.571. The van der Waals surface area contributed by atoms with Gasteiger partial charge in [-0.1, -0.05) is 23.7 Å². The summed E-state index contributed by atoms with van der Waals surface area (Å²) in [6.07, 6.45) is 0.612. The molecule has 1 N–H and O–H groups in total. The number of β-amino-alcohol motifs (C(OH)–C–C–N with tert-alkyl or cyclic N) is 1. The van der Waals surface area contributed by atoms with Crippen molar-refractivity contribution in [1.82, 2.24) is 9.21 Å². The Morgan fingerprint density at radius 3 is 2.71 bits per heavy atom. The minimum absolute atomic E-state index is 0.0830. The Balaban J connectivity index is 1.96. The van der Waals surface area contributed by atoms with Crippen LogP contribution in [-0.2, 0) is 10.0 Å². The third-order valence-corrected chi connectivity index (χ3v) is 5.37. The molecular weight excluding hydrogens is 312 g/mol. The maximum Gasteiger partial charge on any atom is 0.211 e. The van der Waals surface area contributed by atoms with Crippen molar-refractivity contribution in [2.24, 2.45) is 0 Å². The Bertz CT molecular complexity index is 594. The highest BCUT2D eigenvalue weighted by Gasteiger charge is 2.30. The van der Waals surface area contributed by atoms with Gasteiger partial charge in [-0.25, -0.2) is 8.42 Å². The minimum atomic E-state index is -3.16. The quantitative estimate of drug-likeness (QED) is 0.904. The summed E-state index contributed by atoms with van der Waals surface area (Å²) in [5, 5.41) is 10.9. The second kappa shape index (κ2) is 6.62. The average molecular weight is 333 g/mol. The molecule has 2 rings (SSSR count). The molecule has 7 heteroatoms. The van der Waals surface area contributed by atoms with E-state index in [2.05, 4.69) is 4.90 Å². The van der Waals surface area contributed by atoms with E-state index in [-0.39, 0.29) is 6.04 Å². The van der Waals surface area contributed by atoms with Gasteiger partial charge in [-0.15, -0.1) is 0 Å². The molecule has 1 aromatic carbocycles. The number of nitrogens with zero attached hydrogens (tertiary/aromatic N) is 2. The van der Waals surface area contributed by atoms with Gasteiger partial charge in [-0.3, -0.25) is 4.90 Å². The zero-order chi connectivity index (χ0) is 15.6. The highest BCUT2D eigenvalue weighted by molar-refractivity contribution is 7.88. The highest BCUT2D eigenvalue weighted by Crippen LogP contribution is 2.20. The smallest absolute Gasteiger partial charge is 0.211 e. The predicted molar refractivity (Wildman–Crippen MR) is 83.9 cm³/mol. The highest BCUT2D eigenvalue weighted by atomic mass is 35.5. The van der Waals surface area contributed by atoms with Crippen LogP contribution in [0.2, 0.25) is 5.02 Å². The van der Waals surface area contributed by atoms with Crippen LogP contribution in [0, 0.1) is 0 Å². The molecule has 2 atom stereocenters. The maximum atomic E-state index is 11.6. The number of hydrogen-bond acceptors (Lipinski definition) is 4. The average Bonchev–Trinajstić information content (AvgIpc) is 2.37. The molecule has 1 unspecified atom stereocenters. The van der Waals surface area contributed by atoms with Crippen LogP contribution in [0.4, 0.5) is 0 Å². The molecule has 1 heterocycles. The monoisotopic (exact) mass is 332 g/mol. The van der Waals surface area contributed by atoms with Gasteiger partial charge in [-0.2, -0.15) is 4.31 Å². The Hall–Kier alpha value is -0.660. The molecule has 1 saturated heterocycles. The normalized spacial score (nSPS) is 23.1. The summed E-state index contributed by atoms with van der Waals surface area (Å²) >= 11 is 5.93. The van der Waals surface area contributed by atoms with Crippen molar-refractivity contribution >= 4 is 21.6 Å². The standard InChI is InChI=1S/C14H21ClN2O3S/c1-11-9-16(6-7-17(11)21(2,19)20)10-14(18)12-4-3-5-13(15)8-12/h3-5,8,11,14,18H,6-7,9-10H2,1-2H3/t11-,14?/m0/s1. The summed E-state index contributed by atoms with van der Waals surface area (Å²) in [5.74, 6) is 0. The van der Waals surface area contributed by atoms with Gasteiger partial charge >= 0.3 is 0 Å². The Morgan fingerprint density at radius 2 is 2.14 bits per heavy atom. The van der Waals surface area contributed by atoms with Crippen molar-refractivity contribution in [2.75, 3.05) is 32.4 Å². The number of piperazine rings is 1. The summed E-state index contributed by atoms with van der Waals surface area (Å²) in [6.45, 7) is 4.06. The Morgan fingerprint density at radius 1 is 1.43 bits per heavy atom. The van der Waals surface area contributed by atoms with E-state index < -0.39 is 16.1 Å². The van der Waals surface area contributed by atoms with E-state index >= 15 is 0 Å². The number of halogens is 1. The first kappa shape index (κ1) is 16.7. The number of sulfonamides is 1. The fourth-order valence-electron chi connectivity index (χ4n) is 2.74. The van der Waals surface area contributed by atoms with Crippen LogP contribution in [0.5, 0.6) is 0 Å². The lowest BCUT2D eigenvalue weighted by atomic mass is 10.1. The summed E-state index contributed by atoms with van der Waals surface area (Å²) in [7, 11) is -3.16. The van der Waals surface area contributed by atoms with E-state index in [9.17, 15) is 13.5 Å². The second-order valence-electron chi connectivity index (χ2n) is 5.55. The van der Waals surface area contributed by atoms with Crippen LogP contribution in [0.3, 0.4) is 0 Å². The van der Waals surface area contributed by atoms with Gasteiger partial charge in [0.05, 0.1) is 12.4 Å². The van der Waals surface area contributed by atoms with Crippen molar-refractivity contribution in [1.29, 1.82) is 0 Å². The van der Waals surface area contributed by atoms with E-state index in [1.54, 1.807) is 12.1 Å². The van der Waals surface area contributed by atoms with Crippen LogP contribution in [0.15, 0.2) is 24.3 Å². The predicted octanol–water partition coefficient (Wildman–Crippen LogP) is 1.34. The number of benzene rings is 1. The van der Waals surface area contributed by atoms with E-state index in [4.69, 9.17) is 11.6 Å². The van der Waals surface area contributed by atoms with Crippen LogP contribution >= 0.6 is 11.6 Å². The van der Waals surface area contributed by atoms with Gasteiger partial charge in [0.1, 0.15) is 0 Å². The zero-order valence-electron chi connectivity index (χ0n) is 12.2. The van der Waals surface area contributed by atoms with Gasteiger partial charge in [-0.05, 0) is 24.6 Å².